The van der Waals surface area contributed by atoms with E-state index in [9.17, 15) is 4.79 Å². The van der Waals surface area contributed by atoms with Gasteiger partial charge in [0.2, 0.25) is 0 Å². The van der Waals surface area contributed by atoms with Gasteiger partial charge in [0, 0.05) is 36.1 Å². The molecule has 1 atom stereocenters. The van der Waals surface area contributed by atoms with Crippen LogP contribution in [-0.2, 0) is 4.74 Å². The van der Waals surface area contributed by atoms with Crippen LogP contribution < -0.4 is 10.6 Å². The molecule has 0 aliphatic heterocycles. The number of hydrogen-bond donors (Lipinski definition) is 2. The van der Waals surface area contributed by atoms with E-state index in [0.717, 1.165) is 32.2 Å². The van der Waals surface area contributed by atoms with Gasteiger partial charge in [-0.2, -0.15) is 0 Å². The summed E-state index contributed by atoms with van der Waals surface area (Å²) in [7, 11) is 0. The fourth-order valence-corrected chi connectivity index (χ4v) is 3.52. The first-order chi connectivity index (χ1) is 10.8. The van der Waals surface area contributed by atoms with Gasteiger partial charge in [-0.25, -0.2) is 9.78 Å². The Morgan fingerprint density at radius 1 is 1.35 bits per heavy atom. The lowest BCUT2D eigenvalue weighted by Crippen LogP contribution is -2.44. The Labute approximate surface area is 143 Å². The average Bonchev–Trinajstić information content (AvgIpc) is 2.98. The Bertz CT molecular complexity index is 477. The normalized spacial score (nSPS) is 23.3. The lowest BCUT2D eigenvalue weighted by atomic mass is 9.91. The van der Waals surface area contributed by atoms with Gasteiger partial charge < -0.3 is 15.4 Å². The quantitative estimate of drug-likeness (QED) is 0.859. The molecule has 0 radical (unpaired) electrons. The second-order valence-electron chi connectivity index (χ2n) is 7.37. The summed E-state index contributed by atoms with van der Waals surface area (Å²) in [6.07, 6.45) is 5.75. The molecule has 0 saturated heterocycles. The zero-order chi connectivity index (χ0) is 16.9. The van der Waals surface area contributed by atoms with E-state index >= 15 is 0 Å². The topological polar surface area (TPSA) is 63.2 Å². The molecule has 1 aromatic heterocycles. The summed E-state index contributed by atoms with van der Waals surface area (Å²) in [5.74, 6) is 0.451. The van der Waals surface area contributed by atoms with Gasteiger partial charge in [0.25, 0.3) is 0 Å². The molecule has 1 unspecified atom stereocenters. The van der Waals surface area contributed by atoms with Crippen LogP contribution in [0.15, 0.2) is 11.6 Å². The molecule has 1 aromatic rings. The molecule has 1 fully saturated rings. The molecule has 6 heteroatoms. The largest absolute Gasteiger partial charge is 0.444 e. The molecule has 23 heavy (non-hydrogen) atoms. The highest BCUT2D eigenvalue weighted by Gasteiger charge is 2.24. The smallest absolute Gasteiger partial charge is 0.407 e. The van der Waals surface area contributed by atoms with Gasteiger partial charge in [-0.1, -0.05) is 6.92 Å². The molecule has 1 saturated carbocycles. The van der Waals surface area contributed by atoms with Crippen LogP contribution in [0, 0.1) is 0 Å². The molecule has 0 bridgehead atoms. The zero-order valence-corrected chi connectivity index (χ0v) is 15.4. The van der Waals surface area contributed by atoms with Crippen LogP contribution in [0.1, 0.15) is 64.3 Å². The number of nitrogens with zero attached hydrogens (tertiary/aromatic N) is 1. The minimum Gasteiger partial charge on any atom is -0.444 e. The SMILES string of the molecule is CC(CNC1CCC(NC(=O)OC(C)(C)C)CC1)c1nccs1. The van der Waals surface area contributed by atoms with Crippen LogP contribution in [-0.4, -0.2) is 35.3 Å². The van der Waals surface area contributed by atoms with Gasteiger partial charge in [-0.15, -0.1) is 11.3 Å². The van der Waals surface area contributed by atoms with E-state index < -0.39 is 5.60 Å². The van der Waals surface area contributed by atoms with Crippen molar-refractivity contribution in [2.45, 2.75) is 77.0 Å². The van der Waals surface area contributed by atoms with E-state index in [1.807, 2.05) is 32.3 Å². The van der Waals surface area contributed by atoms with Crippen molar-refractivity contribution >= 4 is 17.4 Å². The monoisotopic (exact) mass is 339 g/mol. The molecule has 1 aliphatic carbocycles. The first-order valence-corrected chi connectivity index (χ1v) is 9.34. The number of aromatic nitrogens is 1. The Kier molecular flexibility index (Phi) is 6.41. The van der Waals surface area contributed by atoms with Crippen LogP contribution in [0.4, 0.5) is 4.79 Å². The van der Waals surface area contributed by atoms with Crippen LogP contribution >= 0.6 is 11.3 Å². The minimum absolute atomic E-state index is 0.235. The van der Waals surface area contributed by atoms with Crippen LogP contribution in [0.5, 0.6) is 0 Å². The van der Waals surface area contributed by atoms with Gasteiger partial charge in [0.05, 0.1) is 5.01 Å². The Balaban J connectivity index is 1.65. The second-order valence-corrected chi connectivity index (χ2v) is 8.30. The van der Waals surface area contributed by atoms with Gasteiger partial charge in [-0.05, 0) is 46.5 Å². The third kappa shape index (κ3) is 6.47. The summed E-state index contributed by atoms with van der Waals surface area (Å²) in [6.45, 7) is 8.83. The average molecular weight is 340 g/mol. The van der Waals surface area contributed by atoms with Crippen LogP contribution in [0.25, 0.3) is 0 Å². The molecular weight excluding hydrogens is 310 g/mol. The highest BCUT2D eigenvalue weighted by molar-refractivity contribution is 7.09. The predicted octanol–water partition coefficient (Wildman–Crippen LogP) is 3.67. The first-order valence-electron chi connectivity index (χ1n) is 8.46. The van der Waals surface area contributed by atoms with Crippen LogP contribution in [0.2, 0.25) is 0 Å². The van der Waals surface area contributed by atoms with E-state index in [2.05, 4.69) is 22.5 Å². The number of carbonyl (C=O) groups excluding carboxylic acids is 1. The number of nitrogens with one attached hydrogen (secondary N) is 2. The summed E-state index contributed by atoms with van der Waals surface area (Å²) in [5.41, 5.74) is -0.436. The third-order valence-electron chi connectivity index (χ3n) is 4.03. The van der Waals surface area contributed by atoms with E-state index in [-0.39, 0.29) is 12.1 Å². The van der Waals surface area contributed by atoms with E-state index in [1.54, 1.807) is 11.3 Å². The molecule has 130 valence electrons. The lowest BCUT2D eigenvalue weighted by molar-refractivity contribution is 0.0490. The second kappa shape index (κ2) is 8.11. The van der Waals surface area contributed by atoms with Crippen molar-refractivity contribution in [3.63, 3.8) is 0 Å². The van der Waals surface area contributed by atoms with Gasteiger partial charge in [0.1, 0.15) is 5.60 Å². The minimum atomic E-state index is -0.436. The fraction of sp³-hybridized carbons (Fsp3) is 0.765. The fourth-order valence-electron chi connectivity index (χ4n) is 2.82. The maximum Gasteiger partial charge on any atom is 0.407 e. The maximum absolute atomic E-state index is 11.8. The number of hydrogen-bond acceptors (Lipinski definition) is 5. The highest BCUT2D eigenvalue weighted by atomic mass is 32.1. The number of amides is 1. The zero-order valence-electron chi connectivity index (χ0n) is 14.6. The Morgan fingerprint density at radius 3 is 2.57 bits per heavy atom. The molecule has 5 nitrogen and oxygen atoms in total. The number of alkyl carbamates (subject to hydrolysis) is 1. The molecule has 2 rings (SSSR count). The molecule has 0 aromatic carbocycles. The van der Waals surface area contributed by atoms with Crippen molar-refractivity contribution in [3.05, 3.63) is 16.6 Å². The Hall–Kier alpha value is -1.14. The van der Waals surface area contributed by atoms with Crippen molar-refractivity contribution in [3.8, 4) is 0 Å². The molecule has 1 aliphatic rings. The number of rotatable bonds is 5. The van der Waals surface area contributed by atoms with E-state index in [0.29, 0.717) is 12.0 Å². The summed E-state index contributed by atoms with van der Waals surface area (Å²) in [4.78, 5) is 16.2. The highest BCUT2D eigenvalue weighted by Crippen LogP contribution is 2.21. The van der Waals surface area contributed by atoms with Crippen molar-refractivity contribution in [1.29, 1.82) is 0 Å². The lowest BCUT2D eigenvalue weighted by Gasteiger charge is -2.31. The van der Waals surface area contributed by atoms with E-state index in [4.69, 9.17) is 4.74 Å². The number of carbonyl (C=O) groups is 1. The third-order valence-corrected chi connectivity index (χ3v) is 5.04. The van der Waals surface area contributed by atoms with Crippen molar-refractivity contribution < 1.29 is 9.53 Å². The molecule has 1 heterocycles. The number of thiazole rings is 1. The van der Waals surface area contributed by atoms with Crippen molar-refractivity contribution in [2.75, 3.05) is 6.54 Å². The summed E-state index contributed by atoms with van der Waals surface area (Å²) in [6, 6.07) is 0.772. The first kappa shape index (κ1) is 18.2. The summed E-state index contributed by atoms with van der Waals surface area (Å²) < 4.78 is 5.32. The summed E-state index contributed by atoms with van der Waals surface area (Å²) in [5, 5.41) is 9.85. The van der Waals surface area contributed by atoms with Gasteiger partial charge in [-0.3, -0.25) is 0 Å². The van der Waals surface area contributed by atoms with E-state index in [1.165, 1.54) is 5.01 Å². The van der Waals surface area contributed by atoms with Crippen LogP contribution in [0.3, 0.4) is 0 Å². The molecule has 1 amide bonds. The molecular formula is C17H29N3O2S. The van der Waals surface area contributed by atoms with Crippen molar-refractivity contribution in [1.82, 2.24) is 15.6 Å². The van der Waals surface area contributed by atoms with Crippen molar-refractivity contribution in [2.24, 2.45) is 0 Å². The standard InChI is InChI=1S/C17H29N3O2S/c1-12(15-18-9-10-23-15)11-19-13-5-7-14(8-6-13)20-16(21)22-17(2,3)4/h9-10,12-14,19H,5-8,11H2,1-4H3,(H,20,21). The maximum atomic E-state index is 11.8. The number of ether oxygens (including phenoxy) is 1. The molecule has 0 spiro atoms. The van der Waals surface area contributed by atoms with Gasteiger partial charge >= 0.3 is 6.09 Å². The van der Waals surface area contributed by atoms with Gasteiger partial charge in [0.15, 0.2) is 0 Å². The Morgan fingerprint density at radius 2 is 2.00 bits per heavy atom. The predicted molar refractivity (Wildman–Crippen MR) is 93.9 cm³/mol. The molecule has 2 N–H and O–H groups in total. The summed E-state index contributed by atoms with van der Waals surface area (Å²) >= 11 is 1.72.